The molecular weight excluding hydrogens is 372 g/mol. The summed E-state index contributed by atoms with van der Waals surface area (Å²) in [4.78, 5) is 33.4. The van der Waals surface area contributed by atoms with Crippen molar-refractivity contribution in [2.75, 3.05) is 12.4 Å². The quantitative estimate of drug-likeness (QED) is 0.480. The smallest absolute Gasteiger partial charge is 0.404 e. The Hall–Kier alpha value is -2.75. The third-order valence-corrected chi connectivity index (χ3v) is 3.30. The Morgan fingerprint density at radius 1 is 1.48 bits per heavy atom. The highest BCUT2D eigenvalue weighted by atomic mass is 79.9. The van der Waals surface area contributed by atoms with Crippen molar-refractivity contribution in [2.24, 2.45) is 0 Å². The predicted molar refractivity (Wildman–Crippen MR) is 83.0 cm³/mol. The lowest BCUT2D eigenvalue weighted by Gasteiger charge is -2.05. The van der Waals surface area contributed by atoms with E-state index in [0.717, 1.165) is 4.68 Å². The summed E-state index contributed by atoms with van der Waals surface area (Å²) in [6, 6.07) is 6.21. The molecule has 2 aromatic rings. The van der Waals surface area contributed by atoms with Gasteiger partial charge in [0.05, 0.1) is 24.0 Å². The Labute approximate surface area is 138 Å². The molecule has 0 aliphatic carbocycles. The van der Waals surface area contributed by atoms with Gasteiger partial charge in [-0.3, -0.25) is 4.79 Å². The van der Waals surface area contributed by atoms with Crippen molar-refractivity contribution in [3.63, 3.8) is 0 Å². The van der Waals surface area contributed by atoms with Gasteiger partial charge in [-0.15, -0.1) is 0 Å². The molecule has 0 saturated carbocycles. The molecule has 23 heavy (non-hydrogen) atoms. The zero-order chi connectivity index (χ0) is 17.0. The summed E-state index contributed by atoms with van der Waals surface area (Å²) in [6.07, 6.45) is 1.34. The van der Waals surface area contributed by atoms with Crippen LogP contribution in [0.2, 0.25) is 0 Å². The number of hydrogen-bond donors (Lipinski definition) is 1. The van der Waals surface area contributed by atoms with Crippen LogP contribution in [0.4, 0.5) is 11.5 Å². The molecule has 0 fully saturated rings. The van der Waals surface area contributed by atoms with E-state index in [4.69, 9.17) is 0 Å². The van der Waals surface area contributed by atoms with Crippen molar-refractivity contribution >= 4 is 39.3 Å². The molecule has 0 saturated heterocycles. The van der Waals surface area contributed by atoms with Crippen molar-refractivity contribution in [1.82, 2.24) is 9.78 Å². The van der Waals surface area contributed by atoms with Gasteiger partial charge in [-0.1, -0.05) is 6.07 Å². The average molecular weight is 383 g/mol. The van der Waals surface area contributed by atoms with Crippen LogP contribution in [0.3, 0.4) is 0 Å². The Bertz CT molecular complexity index is 773. The number of nitro groups is 1. The third-order valence-electron chi connectivity index (χ3n) is 2.75. The van der Waals surface area contributed by atoms with Gasteiger partial charge in [-0.05, 0) is 39.1 Å². The van der Waals surface area contributed by atoms with Crippen LogP contribution in [-0.2, 0) is 16.1 Å². The Morgan fingerprint density at radius 3 is 2.83 bits per heavy atom. The van der Waals surface area contributed by atoms with Crippen LogP contribution in [-0.4, -0.2) is 33.7 Å². The minimum absolute atomic E-state index is 0.183. The molecule has 0 spiro atoms. The van der Waals surface area contributed by atoms with Gasteiger partial charge in [0.15, 0.2) is 0 Å². The fourth-order valence-electron chi connectivity index (χ4n) is 1.78. The minimum Gasteiger partial charge on any atom is -0.465 e. The van der Waals surface area contributed by atoms with Crippen LogP contribution >= 0.6 is 15.9 Å². The van der Waals surface area contributed by atoms with Gasteiger partial charge in [-0.25, -0.2) is 4.79 Å². The molecule has 0 radical (unpaired) electrons. The van der Waals surface area contributed by atoms with Gasteiger partial charge < -0.3 is 20.2 Å². The van der Waals surface area contributed by atoms with E-state index in [0.29, 0.717) is 11.3 Å². The Morgan fingerprint density at radius 2 is 2.22 bits per heavy atom. The summed E-state index contributed by atoms with van der Waals surface area (Å²) in [7, 11) is 1.26. The Kier molecular flexibility index (Phi) is 5.06. The zero-order valence-corrected chi connectivity index (χ0v) is 13.4. The monoisotopic (exact) mass is 382 g/mol. The van der Waals surface area contributed by atoms with Crippen LogP contribution in [0.1, 0.15) is 10.4 Å². The summed E-state index contributed by atoms with van der Waals surface area (Å²) < 4.78 is 5.92. The van der Waals surface area contributed by atoms with E-state index in [1.807, 2.05) is 0 Å². The van der Waals surface area contributed by atoms with E-state index < -0.39 is 16.8 Å². The van der Waals surface area contributed by atoms with Gasteiger partial charge in [0.25, 0.3) is 0 Å². The molecule has 0 unspecified atom stereocenters. The molecule has 9 nitrogen and oxygen atoms in total. The highest BCUT2D eigenvalue weighted by Gasteiger charge is 2.20. The first-order valence-corrected chi connectivity index (χ1v) is 7.05. The molecule has 1 aromatic heterocycles. The molecule has 10 heteroatoms. The SMILES string of the molecule is COC(=O)c1cccc(NC(=O)Cn2cc(Br)c([N+](=O)[O-])n2)c1. The molecule has 0 aliphatic rings. The summed E-state index contributed by atoms with van der Waals surface area (Å²) in [5, 5.41) is 17.0. The largest absolute Gasteiger partial charge is 0.465 e. The highest BCUT2D eigenvalue weighted by molar-refractivity contribution is 9.10. The first kappa shape index (κ1) is 16.6. The Balaban J connectivity index is 2.06. The first-order chi connectivity index (χ1) is 10.9. The number of nitrogens with zero attached hydrogens (tertiary/aromatic N) is 3. The van der Waals surface area contributed by atoms with Gasteiger partial charge in [0.2, 0.25) is 5.91 Å². The molecule has 120 valence electrons. The van der Waals surface area contributed by atoms with Crippen LogP contribution in [0.25, 0.3) is 0 Å². The number of hydrogen-bond acceptors (Lipinski definition) is 6. The maximum absolute atomic E-state index is 11.9. The number of rotatable bonds is 5. The van der Waals surface area contributed by atoms with Crippen LogP contribution in [0.5, 0.6) is 0 Å². The summed E-state index contributed by atoms with van der Waals surface area (Å²) >= 11 is 3.00. The molecule has 1 aromatic carbocycles. The standard InChI is InChI=1S/C13H11BrN4O5/c1-23-13(20)8-3-2-4-9(5-8)15-11(19)7-17-6-10(14)12(16-17)18(21)22/h2-6H,7H2,1H3,(H,15,19). The van der Waals surface area contributed by atoms with E-state index in [-0.39, 0.29) is 16.8 Å². The first-order valence-electron chi connectivity index (χ1n) is 6.26. The lowest BCUT2D eigenvalue weighted by atomic mass is 10.2. The molecule has 2 rings (SSSR count). The van der Waals surface area contributed by atoms with Crippen molar-refractivity contribution in [1.29, 1.82) is 0 Å². The second kappa shape index (κ2) is 7.01. The number of halogens is 1. The lowest BCUT2D eigenvalue weighted by molar-refractivity contribution is -0.390. The number of carbonyl (C=O) groups excluding carboxylic acids is 2. The number of methoxy groups -OCH3 is 1. The van der Waals surface area contributed by atoms with Gasteiger partial charge >= 0.3 is 11.8 Å². The number of nitrogens with one attached hydrogen (secondary N) is 1. The predicted octanol–water partition coefficient (Wildman–Crippen LogP) is 1.98. The molecule has 1 amide bonds. The highest BCUT2D eigenvalue weighted by Crippen LogP contribution is 2.22. The van der Waals surface area contributed by atoms with Crippen LogP contribution in [0, 0.1) is 10.1 Å². The van der Waals surface area contributed by atoms with Crippen LogP contribution < -0.4 is 5.32 Å². The van der Waals surface area contributed by atoms with E-state index in [1.54, 1.807) is 18.2 Å². The summed E-state index contributed by atoms with van der Waals surface area (Å²) in [6.45, 7) is -0.213. The van der Waals surface area contributed by atoms with E-state index >= 15 is 0 Å². The van der Waals surface area contributed by atoms with Crippen molar-refractivity contribution in [3.05, 3.63) is 50.6 Å². The fraction of sp³-hybridized carbons (Fsp3) is 0.154. The molecule has 1 heterocycles. The number of amides is 1. The lowest BCUT2D eigenvalue weighted by Crippen LogP contribution is -2.19. The van der Waals surface area contributed by atoms with Crippen molar-refractivity contribution < 1.29 is 19.2 Å². The fourth-order valence-corrected chi connectivity index (χ4v) is 2.24. The van der Waals surface area contributed by atoms with Gasteiger partial charge in [0, 0.05) is 5.69 Å². The van der Waals surface area contributed by atoms with E-state index in [9.17, 15) is 19.7 Å². The van der Waals surface area contributed by atoms with Gasteiger partial charge in [0.1, 0.15) is 11.0 Å². The topological polar surface area (TPSA) is 116 Å². The molecule has 1 N–H and O–H groups in total. The third kappa shape index (κ3) is 4.13. The number of aromatic nitrogens is 2. The minimum atomic E-state index is -0.654. The summed E-state index contributed by atoms with van der Waals surface area (Å²) in [5.41, 5.74) is 0.696. The summed E-state index contributed by atoms with van der Waals surface area (Å²) in [5.74, 6) is -1.34. The average Bonchev–Trinajstić information content (AvgIpc) is 2.87. The molecule has 0 bridgehead atoms. The maximum Gasteiger partial charge on any atom is 0.404 e. The van der Waals surface area contributed by atoms with E-state index in [1.165, 1.54) is 19.4 Å². The van der Waals surface area contributed by atoms with Crippen molar-refractivity contribution in [2.45, 2.75) is 6.54 Å². The zero-order valence-electron chi connectivity index (χ0n) is 11.9. The van der Waals surface area contributed by atoms with Crippen molar-refractivity contribution in [3.8, 4) is 0 Å². The number of anilines is 1. The van der Waals surface area contributed by atoms with Gasteiger partial charge in [-0.2, -0.15) is 4.68 Å². The number of benzene rings is 1. The molecular formula is C13H11BrN4O5. The van der Waals surface area contributed by atoms with E-state index in [2.05, 4.69) is 31.1 Å². The number of esters is 1. The number of ether oxygens (including phenoxy) is 1. The number of carbonyl (C=O) groups is 2. The van der Waals surface area contributed by atoms with Crippen LogP contribution in [0.15, 0.2) is 34.9 Å². The second-order valence-electron chi connectivity index (χ2n) is 4.38. The molecule has 0 aliphatic heterocycles. The normalized spacial score (nSPS) is 10.2. The molecule has 0 atom stereocenters. The maximum atomic E-state index is 11.9. The second-order valence-corrected chi connectivity index (χ2v) is 5.23.